The predicted molar refractivity (Wildman–Crippen MR) is 67.9 cm³/mol. The average molecular weight is 248 g/mol. The summed E-state index contributed by atoms with van der Waals surface area (Å²) >= 11 is 0. The topological polar surface area (TPSA) is 56.7 Å². The van der Waals surface area contributed by atoms with E-state index >= 15 is 0 Å². The molecule has 0 aliphatic carbocycles. The third-order valence-corrected chi connectivity index (χ3v) is 2.91. The van der Waals surface area contributed by atoms with Gasteiger partial charge in [-0.2, -0.15) is 0 Å². The first-order valence-corrected chi connectivity index (χ1v) is 6.06. The maximum absolute atomic E-state index is 13.8. The molecule has 0 bridgehead atoms. The lowest BCUT2D eigenvalue weighted by molar-refractivity contribution is 0.604. The van der Waals surface area contributed by atoms with E-state index in [1.807, 2.05) is 13.0 Å². The molecule has 0 saturated heterocycles. The van der Waals surface area contributed by atoms with Gasteiger partial charge in [0.15, 0.2) is 0 Å². The number of halogens is 1. The van der Waals surface area contributed by atoms with Crippen LogP contribution in [0.4, 0.5) is 4.39 Å². The highest BCUT2D eigenvalue weighted by Gasteiger charge is 2.13. The second-order valence-electron chi connectivity index (χ2n) is 4.39. The lowest BCUT2D eigenvalue weighted by Crippen LogP contribution is -2.10. The third-order valence-electron chi connectivity index (χ3n) is 2.91. The van der Waals surface area contributed by atoms with Crippen molar-refractivity contribution in [3.8, 4) is 5.69 Å². The number of hydrogen-bond donors (Lipinski definition) is 1. The highest BCUT2D eigenvalue weighted by molar-refractivity contribution is 5.40. The zero-order chi connectivity index (χ0) is 13.1. The number of para-hydroxylation sites is 1. The van der Waals surface area contributed by atoms with E-state index in [2.05, 4.69) is 17.2 Å². The second-order valence-corrected chi connectivity index (χ2v) is 4.39. The summed E-state index contributed by atoms with van der Waals surface area (Å²) in [5.41, 5.74) is 7.90. The van der Waals surface area contributed by atoms with Gasteiger partial charge in [-0.25, -0.2) is 9.07 Å². The molecule has 0 saturated carbocycles. The summed E-state index contributed by atoms with van der Waals surface area (Å²) < 4.78 is 15.2. The fourth-order valence-corrected chi connectivity index (χ4v) is 1.93. The molecule has 1 atom stereocenters. The van der Waals surface area contributed by atoms with Gasteiger partial charge in [0.25, 0.3) is 0 Å². The highest BCUT2D eigenvalue weighted by atomic mass is 19.1. The number of nitrogens with zero attached hydrogens (tertiary/aromatic N) is 3. The number of aryl methyl sites for hydroxylation is 1. The molecule has 0 aliphatic rings. The van der Waals surface area contributed by atoms with Gasteiger partial charge in [0.1, 0.15) is 11.5 Å². The largest absolute Gasteiger partial charge is 0.323 e. The van der Waals surface area contributed by atoms with E-state index in [1.54, 1.807) is 12.3 Å². The van der Waals surface area contributed by atoms with Gasteiger partial charge in [-0.3, -0.25) is 0 Å². The van der Waals surface area contributed by atoms with Crippen LogP contribution in [0.3, 0.4) is 0 Å². The lowest BCUT2D eigenvalue weighted by Gasteiger charge is -2.06. The van der Waals surface area contributed by atoms with E-state index in [-0.39, 0.29) is 11.9 Å². The molecule has 2 rings (SSSR count). The Morgan fingerprint density at radius 3 is 2.89 bits per heavy atom. The quantitative estimate of drug-likeness (QED) is 0.904. The maximum atomic E-state index is 13.8. The van der Waals surface area contributed by atoms with Crippen LogP contribution in [-0.4, -0.2) is 15.0 Å². The SMILES string of the molecule is CCCC(N)c1cn(-c2c(C)cccc2F)nn1. The van der Waals surface area contributed by atoms with Crippen molar-refractivity contribution in [1.29, 1.82) is 0 Å². The van der Waals surface area contributed by atoms with Crippen molar-refractivity contribution in [1.82, 2.24) is 15.0 Å². The first-order valence-electron chi connectivity index (χ1n) is 6.06. The molecule has 2 aromatic rings. The Morgan fingerprint density at radius 2 is 2.22 bits per heavy atom. The summed E-state index contributed by atoms with van der Waals surface area (Å²) in [7, 11) is 0. The summed E-state index contributed by atoms with van der Waals surface area (Å²) in [6.45, 7) is 3.90. The zero-order valence-electron chi connectivity index (χ0n) is 10.6. The Morgan fingerprint density at radius 1 is 1.44 bits per heavy atom. The number of aromatic nitrogens is 3. The van der Waals surface area contributed by atoms with E-state index in [0.29, 0.717) is 11.4 Å². The number of hydrogen-bond acceptors (Lipinski definition) is 3. The van der Waals surface area contributed by atoms with Crippen LogP contribution < -0.4 is 5.73 Å². The van der Waals surface area contributed by atoms with Gasteiger partial charge < -0.3 is 5.73 Å². The van der Waals surface area contributed by atoms with Gasteiger partial charge in [-0.1, -0.05) is 30.7 Å². The van der Waals surface area contributed by atoms with Crippen LogP contribution >= 0.6 is 0 Å². The Bertz CT molecular complexity index is 515. The summed E-state index contributed by atoms with van der Waals surface area (Å²) in [4.78, 5) is 0. The molecular weight excluding hydrogens is 231 g/mol. The first-order chi connectivity index (χ1) is 8.63. The highest BCUT2D eigenvalue weighted by Crippen LogP contribution is 2.19. The molecule has 96 valence electrons. The van der Waals surface area contributed by atoms with E-state index < -0.39 is 0 Å². The molecule has 5 heteroatoms. The van der Waals surface area contributed by atoms with E-state index in [1.165, 1.54) is 10.7 Å². The van der Waals surface area contributed by atoms with Crippen molar-refractivity contribution in [3.05, 3.63) is 41.5 Å². The van der Waals surface area contributed by atoms with Gasteiger partial charge in [0, 0.05) is 0 Å². The molecule has 0 fully saturated rings. The van der Waals surface area contributed by atoms with Gasteiger partial charge in [-0.15, -0.1) is 5.10 Å². The monoisotopic (exact) mass is 248 g/mol. The minimum Gasteiger partial charge on any atom is -0.323 e. The Balaban J connectivity index is 2.35. The average Bonchev–Trinajstić information content (AvgIpc) is 2.78. The molecule has 0 radical (unpaired) electrons. The van der Waals surface area contributed by atoms with Crippen LogP contribution in [0.15, 0.2) is 24.4 Å². The Kier molecular flexibility index (Phi) is 3.72. The first kappa shape index (κ1) is 12.7. The summed E-state index contributed by atoms with van der Waals surface area (Å²) in [5, 5.41) is 7.97. The van der Waals surface area contributed by atoms with Gasteiger partial charge in [0.05, 0.1) is 17.9 Å². The third kappa shape index (κ3) is 2.41. The molecule has 2 N–H and O–H groups in total. The van der Waals surface area contributed by atoms with Crippen molar-refractivity contribution >= 4 is 0 Å². The normalized spacial score (nSPS) is 12.7. The van der Waals surface area contributed by atoms with Gasteiger partial charge in [-0.05, 0) is 25.0 Å². The van der Waals surface area contributed by atoms with Crippen molar-refractivity contribution in [3.63, 3.8) is 0 Å². The molecule has 1 unspecified atom stereocenters. The molecule has 0 amide bonds. The molecule has 0 aliphatic heterocycles. The fraction of sp³-hybridized carbons (Fsp3) is 0.385. The molecule has 0 spiro atoms. The zero-order valence-corrected chi connectivity index (χ0v) is 10.6. The van der Waals surface area contributed by atoms with Crippen molar-refractivity contribution in [2.45, 2.75) is 32.7 Å². The molecule has 1 aromatic heterocycles. The van der Waals surface area contributed by atoms with E-state index in [9.17, 15) is 4.39 Å². The van der Waals surface area contributed by atoms with Crippen molar-refractivity contribution in [2.75, 3.05) is 0 Å². The summed E-state index contributed by atoms with van der Waals surface area (Å²) in [6.07, 6.45) is 3.52. The maximum Gasteiger partial charge on any atom is 0.149 e. The fourth-order valence-electron chi connectivity index (χ4n) is 1.93. The lowest BCUT2D eigenvalue weighted by atomic mass is 10.1. The predicted octanol–water partition coefficient (Wildman–Crippen LogP) is 2.51. The molecule has 4 nitrogen and oxygen atoms in total. The van der Waals surface area contributed by atoms with Crippen LogP contribution in [0.25, 0.3) is 5.69 Å². The second kappa shape index (κ2) is 5.27. The van der Waals surface area contributed by atoms with Crippen LogP contribution in [0, 0.1) is 12.7 Å². The Labute approximate surface area is 106 Å². The standard InChI is InChI=1S/C13H17FN4/c1-3-5-11(15)12-8-18(17-16-12)13-9(2)6-4-7-10(13)14/h4,6-8,11H,3,5,15H2,1-2H3. The van der Waals surface area contributed by atoms with Crippen LogP contribution in [0.5, 0.6) is 0 Å². The summed E-state index contributed by atoms with van der Waals surface area (Å²) in [5.74, 6) is -0.310. The number of nitrogens with two attached hydrogens (primary N) is 1. The smallest absolute Gasteiger partial charge is 0.149 e. The molecule has 1 heterocycles. The Hall–Kier alpha value is -1.75. The number of rotatable bonds is 4. The van der Waals surface area contributed by atoms with E-state index in [0.717, 1.165) is 18.4 Å². The minimum atomic E-state index is -0.310. The molecule has 1 aromatic carbocycles. The summed E-state index contributed by atoms with van der Waals surface area (Å²) in [6, 6.07) is 4.78. The van der Waals surface area contributed by atoms with Crippen LogP contribution in [0.1, 0.15) is 37.1 Å². The van der Waals surface area contributed by atoms with Crippen molar-refractivity contribution < 1.29 is 4.39 Å². The number of benzene rings is 1. The van der Waals surface area contributed by atoms with Crippen LogP contribution in [-0.2, 0) is 0 Å². The van der Waals surface area contributed by atoms with Gasteiger partial charge in [0.2, 0.25) is 0 Å². The molecule has 18 heavy (non-hydrogen) atoms. The van der Waals surface area contributed by atoms with E-state index in [4.69, 9.17) is 5.73 Å². The minimum absolute atomic E-state index is 0.143. The van der Waals surface area contributed by atoms with Crippen LogP contribution in [0.2, 0.25) is 0 Å². The van der Waals surface area contributed by atoms with Gasteiger partial charge >= 0.3 is 0 Å². The van der Waals surface area contributed by atoms with Crippen molar-refractivity contribution in [2.24, 2.45) is 5.73 Å². The molecular formula is C13H17FN4.